The lowest BCUT2D eigenvalue weighted by Gasteiger charge is -1.95. The maximum atomic E-state index is 12.2. The highest BCUT2D eigenvalue weighted by atomic mass is 19.1. The first-order valence-electron chi connectivity index (χ1n) is 3.42. The number of aliphatic hydroxyl groups excluding tert-OH is 1. The third-order valence-corrected chi connectivity index (χ3v) is 1.28. The summed E-state index contributed by atoms with van der Waals surface area (Å²) in [6.07, 6.45) is 1.28. The van der Waals surface area contributed by atoms with Gasteiger partial charge in [0.05, 0.1) is 5.69 Å². The zero-order valence-electron chi connectivity index (χ0n) is 6.00. The average molecular weight is 156 g/mol. The van der Waals surface area contributed by atoms with Gasteiger partial charge in [-0.15, -0.1) is 5.10 Å². The van der Waals surface area contributed by atoms with E-state index in [2.05, 4.69) is 10.2 Å². The molecular formula is C7H9FN2O. The Morgan fingerprint density at radius 3 is 2.73 bits per heavy atom. The first-order valence-corrected chi connectivity index (χ1v) is 3.42. The highest BCUT2D eigenvalue weighted by molar-refractivity contribution is 4.99. The van der Waals surface area contributed by atoms with E-state index < -0.39 is 5.95 Å². The number of hydrogen-bond donors (Lipinski definition) is 1. The van der Waals surface area contributed by atoms with Crippen LogP contribution >= 0.6 is 0 Å². The summed E-state index contributed by atoms with van der Waals surface area (Å²) in [6, 6.07) is 2.83. The molecule has 0 radical (unpaired) electrons. The molecular weight excluding hydrogens is 147 g/mol. The van der Waals surface area contributed by atoms with Crippen LogP contribution in [0.4, 0.5) is 4.39 Å². The fraction of sp³-hybridized carbons (Fsp3) is 0.429. The number of halogens is 1. The fourth-order valence-corrected chi connectivity index (χ4v) is 0.737. The van der Waals surface area contributed by atoms with E-state index in [0.29, 0.717) is 18.5 Å². The number of rotatable bonds is 3. The van der Waals surface area contributed by atoms with Gasteiger partial charge in [0.2, 0.25) is 5.95 Å². The minimum atomic E-state index is -0.572. The summed E-state index contributed by atoms with van der Waals surface area (Å²) in [7, 11) is 0. The summed E-state index contributed by atoms with van der Waals surface area (Å²) in [6.45, 7) is 0.124. The van der Waals surface area contributed by atoms with Crippen molar-refractivity contribution in [3.8, 4) is 0 Å². The van der Waals surface area contributed by atoms with Gasteiger partial charge in [-0.3, -0.25) is 0 Å². The van der Waals surface area contributed by atoms with Crippen molar-refractivity contribution in [2.24, 2.45) is 0 Å². The van der Waals surface area contributed by atoms with E-state index in [9.17, 15) is 4.39 Å². The molecule has 1 rings (SSSR count). The van der Waals surface area contributed by atoms with E-state index in [1.165, 1.54) is 6.07 Å². The molecule has 3 nitrogen and oxygen atoms in total. The molecule has 1 aromatic rings. The molecule has 0 aromatic carbocycles. The van der Waals surface area contributed by atoms with Gasteiger partial charge in [0.1, 0.15) is 0 Å². The van der Waals surface area contributed by atoms with Crippen LogP contribution in [0.5, 0.6) is 0 Å². The molecule has 0 aliphatic carbocycles. The van der Waals surface area contributed by atoms with Crippen molar-refractivity contribution in [2.75, 3.05) is 6.61 Å². The number of aromatic nitrogens is 2. The molecule has 0 saturated carbocycles. The van der Waals surface area contributed by atoms with Crippen LogP contribution in [0.2, 0.25) is 0 Å². The van der Waals surface area contributed by atoms with Gasteiger partial charge >= 0.3 is 0 Å². The second-order valence-corrected chi connectivity index (χ2v) is 2.17. The summed E-state index contributed by atoms with van der Waals surface area (Å²) in [5, 5.41) is 15.3. The van der Waals surface area contributed by atoms with E-state index >= 15 is 0 Å². The number of aliphatic hydroxyl groups is 1. The number of nitrogens with zero attached hydrogens (tertiary/aromatic N) is 2. The Bertz CT molecular complexity index is 212. The molecule has 0 saturated heterocycles. The second kappa shape index (κ2) is 3.98. The predicted octanol–water partition coefficient (Wildman–Crippen LogP) is 0.541. The standard InChI is InChI=1S/C7H9FN2O/c8-7-4-3-6(9-10-7)2-1-5-11/h3-4,11H,1-2,5H2. The summed E-state index contributed by atoms with van der Waals surface area (Å²) in [4.78, 5) is 0. The lowest BCUT2D eigenvalue weighted by molar-refractivity contribution is 0.288. The van der Waals surface area contributed by atoms with Gasteiger partial charge in [-0.05, 0) is 25.0 Å². The van der Waals surface area contributed by atoms with Crippen LogP contribution in [0.15, 0.2) is 12.1 Å². The Labute approximate surface area is 63.9 Å². The summed E-state index contributed by atoms with van der Waals surface area (Å²) in [5.74, 6) is -0.572. The van der Waals surface area contributed by atoms with Crippen LogP contribution in [0.1, 0.15) is 12.1 Å². The SMILES string of the molecule is OCCCc1ccc(F)nn1. The largest absolute Gasteiger partial charge is 0.396 e. The Kier molecular flexibility index (Phi) is 2.92. The van der Waals surface area contributed by atoms with Crippen LogP contribution in [0.3, 0.4) is 0 Å². The van der Waals surface area contributed by atoms with Gasteiger partial charge in [0.15, 0.2) is 0 Å². The third kappa shape index (κ3) is 2.59. The molecule has 0 spiro atoms. The van der Waals surface area contributed by atoms with Crippen molar-refractivity contribution in [3.05, 3.63) is 23.8 Å². The quantitative estimate of drug-likeness (QED) is 0.694. The smallest absolute Gasteiger partial charge is 0.233 e. The Morgan fingerprint density at radius 1 is 1.36 bits per heavy atom. The van der Waals surface area contributed by atoms with Crippen molar-refractivity contribution in [1.82, 2.24) is 10.2 Å². The number of aryl methyl sites for hydroxylation is 1. The monoisotopic (exact) mass is 156 g/mol. The van der Waals surface area contributed by atoms with E-state index in [-0.39, 0.29) is 6.61 Å². The number of hydrogen-bond acceptors (Lipinski definition) is 3. The van der Waals surface area contributed by atoms with E-state index in [4.69, 9.17) is 5.11 Å². The zero-order chi connectivity index (χ0) is 8.10. The lowest BCUT2D eigenvalue weighted by atomic mass is 10.2. The lowest BCUT2D eigenvalue weighted by Crippen LogP contribution is -1.96. The predicted molar refractivity (Wildman–Crippen MR) is 37.4 cm³/mol. The summed E-state index contributed by atoms with van der Waals surface area (Å²) < 4.78 is 12.2. The topological polar surface area (TPSA) is 46.0 Å². The normalized spacial score (nSPS) is 10.0. The molecule has 0 unspecified atom stereocenters. The van der Waals surface area contributed by atoms with Crippen molar-refractivity contribution in [3.63, 3.8) is 0 Å². The molecule has 0 aliphatic heterocycles. The second-order valence-electron chi connectivity index (χ2n) is 2.17. The van der Waals surface area contributed by atoms with Gasteiger partial charge in [0.25, 0.3) is 0 Å². The Balaban J connectivity index is 2.52. The molecule has 1 N–H and O–H groups in total. The highest BCUT2D eigenvalue weighted by Gasteiger charge is 1.95. The van der Waals surface area contributed by atoms with Crippen LogP contribution in [-0.2, 0) is 6.42 Å². The molecule has 0 bridgehead atoms. The van der Waals surface area contributed by atoms with Gasteiger partial charge in [-0.25, -0.2) is 0 Å². The molecule has 1 aromatic heterocycles. The van der Waals surface area contributed by atoms with Crippen LogP contribution in [0.25, 0.3) is 0 Å². The van der Waals surface area contributed by atoms with Gasteiger partial charge < -0.3 is 5.11 Å². The summed E-state index contributed by atoms with van der Waals surface area (Å²) >= 11 is 0. The minimum absolute atomic E-state index is 0.124. The Morgan fingerprint density at radius 2 is 2.18 bits per heavy atom. The van der Waals surface area contributed by atoms with Gasteiger partial charge in [0, 0.05) is 6.61 Å². The first kappa shape index (κ1) is 8.07. The Hall–Kier alpha value is -1.03. The van der Waals surface area contributed by atoms with Crippen molar-refractivity contribution in [1.29, 1.82) is 0 Å². The maximum Gasteiger partial charge on any atom is 0.233 e. The first-order chi connectivity index (χ1) is 5.33. The molecule has 4 heteroatoms. The average Bonchev–Trinajstić information content (AvgIpc) is 2.04. The van der Waals surface area contributed by atoms with Crippen molar-refractivity contribution in [2.45, 2.75) is 12.8 Å². The van der Waals surface area contributed by atoms with Crippen LogP contribution < -0.4 is 0 Å². The van der Waals surface area contributed by atoms with E-state index in [0.717, 1.165) is 0 Å². The van der Waals surface area contributed by atoms with Crippen molar-refractivity contribution < 1.29 is 9.50 Å². The van der Waals surface area contributed by atoms with Crippen LogP contribution in [-0.4, -0.2) is 21.9 Å². The van der Waals surface area contributed by atoms with E-state index in [1.807, 2.05) is 0 Å². The minimum Gasteiger partial charge on any atom is -0.396 e. The molecule has 11 heavy (non-hydrogen) atoms. The van der Waals surface area contributed by atoms with Gasteiger partial charge in [-0.1, -0.05) is 0 Å². The zero-order valence-corrected chi connectivity index (χ0v) is 6.00. The molecule has 0 aliphatic rings. The van der Waals surface area contributed by atoms with Crippen molar-refractivity contribution >= 4 is 0 Å². The van der Waals surface area contributed by atoms with E-state index in [1.54, 1.807) is 6.07 Å². The molecule has 0 amide bonds. The fourth-order valence-electron chi connectivity index (χ4n) is 0.737. The highest BCUT2D eigenvalue weighted by Crippen LogP contribution is 1.97. The maximum absolute atomic E-state index is 12.2. The molecule has 0 atom stereocenters. The van der Waals surface area contributed by atoms with Gasteiger partial charge in [-0.2, -0.15) is 9.49 Å². The molecule has 60 valence electrons. The molecule has 0 fully saturated rings. The van der Waals surface area contributed by atoms with Crippen LogP contribution in [0, 0.1) is 5.95 Å². The summed E-state index contributed by atoms with van der Waals surface area (Å²) in [5.41, 5.74) is 0.709. The third-order valence-electron chi connectivity index (χ3n) is 1.28. The molecule has 1 heterocycles.